The van der Waals surface area contributed by atoms with Crippen molar-refractivity contribution in [1.82, 2.24) is 10.2 Å². The quantitative estimate of drug-likeness (QED) is 0.798. The normalized spacial score (nSPS) is 21.4. The second-order valence-electron chi connectivity index (χ2n) is 4.62. The van der Waals surface area contributed by atoms with Crippen LogP contribution in [0.4, 0.5) is 0 Å². The Morgan fingerprint density at radius 1 is 1.41 bits per heavy atom. The van der Waals surface area contributed by atoms with Crippen molar-refractivity contribution in [3.63, 3.8) is 0 Å². The van der Waals surface area contributed by atoms with Gasteiger partial charge in [0, 0.05) is 25.2 Å². The number of nitrogens with zero attached hydrogens (tertiary/aromatic N) is 1. The fraction of sp³-hybridized carbons (Fsp3) is 0.500. The molecule has 0 radical (unpaired) electrons. The highest BCUT2D eigenvalue weighted by Gasteiger charge is 2.26. The highest BCUT2D eigenvalue weighted by molar-refractivity contribution is 6.00. The molecular formula is C14H20N2O. The van der Waals surface area contributed by atoms with E-state index in [1.54, 1.807) is 0 Å². The van der Waals surface area contributed by atoms with Gasteiger partial charge >= 0.3 is 0 Å². The molecule has 1 aromatic rings. The second kappa shape index (κ2) is 5.43. The van der Waals surface area contributed by atoms with E-state index < -0.39 is 0 Å². The summed E-state index contributed by atoms with van der Waals surface area (Å²) >= 11 is 0. The van der Waals surface area contributed by atoms with Gasteiger partial charge in [0.25, 0.3) is 0 Å². The molecule has 0 bridgehead atoms. The number of Topliss-reactive ketones (excluding diaryl/α,β-unsaturated/α-hetero) is 1. The van der Waals surface area contributed by atoms with Gasteiger partial charge in [-0.2, -0.15) is 0 Å². The van der Waals surface area contributed by atoms with Crippen LogP contribution in [0.25, 0.3) is 0 Å². The van der Waals surface area contributed by atoms with Crippen LogP contribution < -0.4 is 5.32 Å². The molecule has 0 spiro atoms. The Hall–Kier alpha value is -1.19. The Morgan fingerprint density at radius 2 is 2.12 bits per heavy atom. The van der Waals surface area contributed by atoms with Crippen molar-refractivity contribution in [2.45, 2.75) is 19.4 Å². The first-order valence-electron chi connectivity index (χ1n) is 6.26. The maximum atomic E-state index is 12.3. The van der Waals surface area contributed by atoms with Crippen molar-refractivity contribution in [3.05, 3.63) is 35.4 Å². The van der Waals surface area contributed by atoms with Crippen LogP contribution in [0.15, 0.2) is 24.3 Å². The van der Waals surface area contributed by atoms with Gasteiger partial charge in [-0.25, -0.2) is 0 Å². The number of nitrogens with one attached hydrogen (secondary N) is 1. The highest BCUT2D eigenvalue weighted by Crippen LogP contribution is 2.11. The van der Waals surface area contributed by atoms with Crippen molar-refractivity contribution in [3.8, 4) is 0 Å². The number of hydrogen-bond acceptors (Lipinski definition) is 3. The molecule has 2 rings (SSSR count). The average Bonchev–Trinajstić information content (AvgIpc) is 2.39. The lowest BCUT2D eigenvalue weighted by Crippen LogP contribution is -2.53. The molecule has 1 aromatic carbocycles. The van der Waals surface area contributed by atoms with Crippen molar-refractivity contribution in [2.75, 3.05) is 26.7 Å². The number of carbonyl (C=O) groups is 1. The maximum absolute atomic E-state index is 12.3. The van der Waals surface area contributed by atoms with Crippen LogP contribution in [-0.2, 0) is 6.42 Å². The summed E-state index contributed by atoms with van der Waals surface area (Å²) in [6, 6.07) is 7.97. The Morgan fingerprint density at radius 3 is 2.71 bits per heavy atom. The Kier molecular flexibility index (Phi) is 3.92. The monoisotopic (exact) mass is 232 g/mol. The molecule has 0 saturated carbocycles. The molecule has 0 amide bonds. The van der Waals surface area contributed by atoms with Gasteiger partial charge in [-0.15, -0.1) is 0 Å². The predicted molar refractivity (Wildman–Crippen MR) is 69.4 cm³/mol. The zero-order chi connectivity index (χ0) is 12.3. The number of likely N-dealkylation sites (N-methyl/N-ethyl adjacent to an activating group) is 1. The van der Waals surface area contributed by atoms with E-state index in [2.05, 4.69) is 17.1 Å². The zero-order valence-corrected chi connectivity index (χ0v) is 10.6. The molecule has 17 heavy (non-hydrogen) atoms. The minimum absolute atomic E-state index is 0.0174. The van der Waals surface area contributed by atoms with Crippen LogP contribution in [0.5, 0.6) is 0 Å². The number of carbonyl (C=O) groups excluding carboxylic acids is 1. The summed E-state index contributed by atoms with van der Waals surface area (Å²) in [5.74, 6) is 0.224. The summed E-state index contributed by atoms with van der Waals surface area (Å²) in [5.41, 5.74) is 2.10. The Balaban J connectivity index is 2.12. The molecule has 1 fully saturated rings. The fourth-order valence-corrected chi connectivity index (χ4v) is 2.20. The molecule has 3 nitrogen and oxygen atoms in total. The van der Waals surface area contributed by atoms with E-state index in [-0.39, 0.29) is 11.8 Å². The van der Waals surface area contributed by atoms with Gasteiger partial charge in [0.15, 0.2) is 5.78 Å². The molecule has 92 valence electrons. The van der Waals surface area contributed by atoms with Crippen molar-refractivity contribution in [2.24, 2.45) is 0 Å². The minimum atomic E-state index is -0.0174. The van der Waals surface area contributed by atoms with Crippen LogP contribution in [0.1, 0.15) is 22.8 Å². The third-order valence-electron chi connectivity index (χ3n) is 3.46. The smallest absolute Gasteiger partial charge is 0.181 e. The van der Waals surface area contributed by atoms with E-state index in [1.165, 1.54) is 5.56 Å². The van der Waals surface area contributed by atoms with Crippen LogP contribution >= 0.6 is 0 Å². The van der Waals surface area contributed by atoms with Gasteiger partial charge in [0.05, 0.1) is 6.04 Å². The molecule has 1 unspecified atom stereocenters. The van der Waals surface area contributed by atoms with Crippen molar-refractivity contribution < 1.29 is 4.79 Å². The first-order chi connectivity index (χ1) is 8.22. The molecule has 1 aliphatic rings. The van der Waals surface area contributed by atoms with Crippen LogP contribution in [-0.4, -0.2) is 43.4 Å². The van der Waals surface area contributed by atoms with Gasteiger partial charge in [-0.3, -0.25) is 9.69 Å². The molecule has 1 aliphatic heterocycles. The van der Waals surface area contributed by atoms with Gasteiger partial charge in [-0.05, 0) is 19.0 Å². The van der Waals surface area contributed by atoms with E-state index in [9.17, 15) is 4.79 Å². The zero-order valence-electron chi connectivity index (χ0n) is 10.6. The summed E-state index contributed by atoms with van der Waals surface area (Å²) in [6.07, 6.45) is 1.01. The lowest BCUT2D eigenvalue weighted by Gasteiger charge is -2.31. The fourth-order valence-electron chi connectivity index (χ4n) is 2.20. The molecule has 0 aromatic heterocycles. The number of rotatable bonds is 3. The molecule has 0 aliphatic carbocycles. The second-order valence-corrected chi connectivity index (χ2v) is 4.62. The SMILES string of the molecule is CCc1ccc(C(=O)C2CNCCN2C)cc1. The van der Waals surface area contributed by atoms with Crippen LogP contribution in [0, 0.1) is 0 Å². The van der Waals surface area contributed by atoms with Crippen molar-refractivity contribution >= 4 is 5.78 Å². The Labute approximate surface area is 103 Å². The number of hydrogen-bond donors (Lipinski definition) is 1. The lowest BCUT2D eigenvalue weighted by atomic mass is 10.00. The van der Waals surface area contributed by atoms with E-state index in [0.29, 0.717) is 0 Å². The number of ketones is 1. The van der Waals surface area contributed by atoms with E-state index >= 15 is 0 Å². The largest absolute Gasteiger partial charge is 0.313 e. The van der Waals surface area contributed by atoms with E-state index in [1.807, 2.05) is 31.3 Å². The van der Waals surface area contributed by atoms with Gasteiger partial charge in [0.1, 0.15) is 0 Å². The lowest BCUT2D eigenvalue weighted by molar-refractivity contribution is 0.0819. The van der Waals surface area contributed by atoms with Gasteiger partial charge < -0.3 is 5.32 Å². The molecule has 1 saturated heterocycles. The van der Waals surface area contributed by atoms with Gasteiger partial charge in [0.2, 0.25) is 0 Å². The van der Waals surface area contributed by atoms with E-state index in [0.717, 1.165) is 31.6 Å². The van der Waals surface area contributed by atoms with Crippen LogP contribution in [0.2, 0.25) is 0 Å². The first-order valence-corrected chi connectivity index (χ1v) is 6.26. The minimum Gasteiger partial charge on any atom is -0.313 e. The third kappa shape index (κ3) is 2.73. The topological polar surface area (TPSA) is 32.3 Å². The summed E-state index contributed by atoms with van der Waals surface area (Å²) in [6.45, 7) is 4.78. The van der Waals surface area contributed by atoms with Gasteiger partial charge in [-0.1, -0.05) is 31.2 Å². The van der Waals surface area contributed by atoms with Crippen LogP contribution in [0.3, 0.4) is 0 Å². The summed E-state index contributed by atoms with van der Waals surface area (Å²) < 4.78 is 0. The van der Waals surface area contributed by atoms with Crippen molar-refractivity contribution in [1.29, 1.82) is 0 Å². The summed E-state index contributed by atoms with van der Waals surface area (Å²) in [7, 11) is 2.02. The standard InChI is InChI=1S/C14H20N2O/c1-3-11-4-6-12(7-5-11)14(17)13-10-15-8-9-16(13)2/h4-7,13,15H,3,8-10H2,1-2H3. The third-order valence-corrected chi connectivity index (χ3v) is 3.46. The van der Waals surface area contributed by atoms with E-state index in [4.69, 9.17) is 0 Å². The summed E-state index contributed by atoms with van der Waals surface area (Å²) in [4.78, 5) is 14.5. The Bertz CT molecular complexity index is 386. The molecule has 1 N–H and O–H groups in total. The summed E-state index contributed by atoms with van der Waals surface area (Å²) in [5, 5.41) is 3.28. The highest BCUT2D eigenvalue weighted by atomic mass is 16.1. The maximum Gasteiger partial charge on any atom is 0.181 e. The molecule has 1 atom stereocenters. The number of aryl methyl sites for hydroxylation is 1. The molecule has 1 heterocycles. The molecule has 3 heteroatoms. The number of benzene rings is 1. The first kappa shape index (κ1) is 12.3. The predicted octanol–water partition coefficient (Wildman–Crippen LogP) is 1.34. The average molecular weight is 232 g/mol. The molecular weight excluding hydrogens is 212 g/mol. The number of piperazine rings is 1.